The second-order valence-corrected chi connectivity index (χ2v) is 11.1. The van der Waals surface area contributed by atoms with Crippen LogP contribution in [-0.2, 0) is 9.47 Å². The van der Waals surface area contributed by atoms with Crippen LogP contribution in [0.5, 0.6) is 11.5 Å². The first-order chi connectivity index (χ1) is 9.88. The van der Waals surface area contributed by atoms with Crippen LogP contribution >= 0.6 is 7.26 Å². The van der Waals surface area contributed by atoms with Crippen molar-refractivity contribution in [2.75, 3.05) is 39.4 Å². The number of hydrogen-bond acceptors (Lipinski definition) is 4. The van der Waals surface area contributed by atoms with Gasteiger partial charge in [-0.2, -0.15) is 0 Å². The molecule has 0 aliphatic rings. The number of hydrogen-bond donors (Lipinski definition) is 1. The molecule has 0 aromatic heterocycles. The lowest BCUT2D eigenvalue weighted by molar-refractivity contribution is -0.0835. The third-order valence-corrected chi connectivity index (χ3v) is 5.55. The minimum atomic E-state index is -1.27. The second-order valence-electron chi connectivity index (χ2n) is 5.40. The van der Waals surface area contributed by atoms with Crippen LogP contribution in [0, 0.1) is 0 Å². The second kappa shape index (κ2) is 10.6. The highest BCUT2D eigenvalue weighted by molar-refractivity contribution is 7.81. The van der Waals surface area contributed by atoms with Gasteiger partial charge in [0.1, 0.15) is 17.0 Å². The van der Waals surface area contributed by atoms with Crippen molar-refractivity contribution >= 4 is 22.1 Å². The van der Waals surface area contributed by atoms with Crippen molar-refractivity contribution in [3.63, 3.8) is 0 Å². The van der Waals surface area contributed by atoms with Crippen LogP contribution in [-0.4, -0.2) is 60.0 Å². The van der Waals surface area contributed by atoms with Gasteiger partial charge in [0.25, 0.3) is 0 Å². The molecule has 0 saturated carbocycles. The molecule has 0 amide bonds. The summed E-state index contributed by atoms with van der Waals surface area (Å²) in [7, 11) is -0.844. The van der Waals surface area contributed by atoms with E-state index >= 15 is 0 Å². The number of halogens is 1. The molecule has 0 fully saturated rings. The van der Waals surface area contributed by atoms with Gasteiger partial charge in [-0.25, -0.2) is 0 Å². The molecular formula is C15H26BrO4PSi. The Morgan fingerprint density at radius 1 is 1.14 bits per heavy atom. The summed E-state index contributed by atoms with van der Waals surface area (Å²) in [5.41, 5.74) is 0. The summed E-state index contributed by atoms with van der Waals surface area (Å²) in [5, 5.41) is 10.8. The fourth-order valence-electron chi connectivity index (χ4n) is 1.81. The molecule has 7 heteroatoms. The predicted molar refractivity (Wildman–Crippen MR) is 90.7 cm³/mol. The van der Waals surface area contributed by atoms with Crippen LogP contribution in [0.4, 0.5) is 0 Å². The van der Waals surface area contributed by atoms with Gasteiger partial charge in [0.15, 0.2) is 15.3 Å². The van der Waals surface area contributed by atoms with Gasteiger partial charge in [-0.15, -0.1) is 0 Å². The Morgan fingerprint density at radius 2 is 1.73 bits per heavy atom. The summed E-state index contributed by atoms with van der Waals surface area (Å²) in [4.78, 5) is 0. The molecule has 0 aliphatic heterocycles. The third kappa shape index (κ3) is 7.42. The average Bonchev–Trinajstić information content (AvgIpc) is 2.39. The first-order valence-corrected chi connectivity index (χ1v) is 11.5. The summed E-state index contributed by atoms with van der Waals surface area (Å²) >= 11 is 0. The number of phenols is 1. The molecule has 0 bridgehead atoms. The molecule has 0 spiro atoms. The van der Waals surface area contributed by atoms with E-state index < -0.39 is 7.26 Å². The Morgan fingerprint density at radius 3 is 2.23 bits per heavy atom. The van der Waals surface area contributed by atoms with Crippen molar-refractivity contribution in [1.82, 2.24) is 0 Å². The molecule has 0 atom stereocenters. The van der Waals surface area contributed by atoms with E-state index in [9.17, 15) is 5.11 Å². The van der Waals surface area contributed by atoms with Crippen molar-refractivity contribution < 1.29 is 36.3 Å². The van der Waals surface area contributed by atoms with Crippen molar-refractivity contribution in [3.8, 4) is 11.5 Å². The zero-order valence-electron chi connectivity index (χ0n) is 13.9. The molecule has 126 valence electrons. The molecular weight excluding hydrogens is 383 g/mol. The van der Waals surface area contributed by atoms with Crippen molar-refractivity contribution in [3.05, 3.63) is 18.2 Å². The maximum Gasteiger partial charge on any atom is 0.166 e. The number of phenolic OH excluding ortho intramolecular Hbond substituents is 1. The molecule has 2 radical (unpaired) electrons. The van der Waals surface area contributed by atoms with Gasteiger partial charge < -0.3 is 36.3 Å². The van der Waals surface area contributed by atoms with E-state index in [0.717, 1.165) is 11.1 Å². The Kier molecular flexibility index (Phi) is 10.5. The van der Waals surface area contributed by atoms with E-state index in [0.29, 0.717) is 29.0 Å². The highest BCUT2D eigenvalue weighted by Gasteiger charge is 2.27. The Labute approximate surface area is 147 Å². The molecule has 1 aromatic carbocycles. The number of aromatic hydroxyl groups is 1. The van der Waals surface area contributed by atoms with Crippen molar-refractivity contribution in [2.24, 2.45) is 0 Å². The van der Waals surface area contributed by atoms with Crippen LogP contribution in [0.1, 0.15) is 13.8 Å². The third-order valence-electron chi connectivity index (χ3n) is 2.78. The zero-order chi connectivity index (χ0) is 15.9. The van der Waals surface area contributed by atoms with E-state index in [1.54, 1.807) is 6.07 Å². The highest BCUT2D eigenvalue weighted by atomic mass is 79.9. The van der Waals surface area contributed by atoms with Crippen LogP contribution in [0.15, 0.2) is 18.2 Å². The summed E-state index contributed by atoms with van der Waals surface area (Å²) in [6.45, 7) is 11.8. The minimum Gasteiger partial charge on any atom is -1.00 e. The zero-order valence-corrected chi connectivity index (χ0v) is 17.4. The van der Waals surface area contributed by atoms with Gasteiger partial charge in [0, 0.05) is 26.5 Å². The van der Waals surface area contributed by atoms with Gasteiger partial charge in [-0.1, -0.05) is 0 Å². The fourth-order valence-corrected chi connectivity index (χ4v) is 4.07. The Hall–Kier alpha value is -0.133. The van der Waals surface area contributed by atoms with E-state index in [-0.39, 0.29) is 28.6 Å². The number of ether oxygens (including phenoxy) is 3. The summed E-state index contributed by atoms with van der Waals surface area (Å²) in [6.07, 6.45) is 0.558. The fraction of sp³-hybridized carbons (Fsp3) is 0.600. The Balaban J connectivity index is 0.00000441. The van der Waals surface area contributed by atoms with Gasteiger partial charge in [0.05, 0.1) is 26.2 Å². The molecule has 1 rings (SSSR count). The van der Waals surface area contributed by atoms with Crippen LogP contribution in [0.2, 0.25) is 0 Å². The lowest BCUT2D eigenvalue weighted by atomic mass is 10.3. The average molecular weight is 409 g/mol. The lowest BCUT2D eigenvalue weighted by Gasteiger charge is -2.19. The minimum absolute atomic E-state index is 0. The molecule has 1 aromatic rings. The normalized spacial score (nSPS) is 11.4. The van der Waals surface area contributed by atoms with Gasteiger partial charge in [-0.05, 0) is 26.0 Å². The smallest absolute Gasteiger partial charge is 0.166 e. The molecule has 1 N–H and O–H groups in total. The van der Waals surface area contributed by atoms with Gasteiger partial charge in [0.2, 0.25) is 0 Å². The molecule has 0 unspecified atom stereocenters. The molecule has 0 aliphatic carbocycles. The van der Waals surface area contributed by atoms with Crippen LogP contribution in [0.3, 0.4) is 0 Å². The number of benzene rings is 1. The summed E-state index contributed by atoms with van der Waals surface area (Å²) in [5.74, 6) is 0.953. The summed E-state index contributed by atoms with van der Waals surface area (Å²) in [6, 6.07) is 5.33. The maximum atomic E-state index is 9.68. The standard InChI is InChI=1S/C15H25O4PSi.BrH/c1-6-17-15(18-7-2)21-11-19-13-9-8-12(16)10-14(13)20(3,4)5;/h8-10,15H,6-7,11H2,1-5H3;1H. The van der Waals surface area contributed by atoms with Crippen LogP contribution in [0.25, 0.3) is 0 Å². The quantitative estimate of drug-likeness (QED) is 0.334. The lowest BCUT2D eigenvalue weighted by Crippen LogP contribution is -3.00. The molecule has 0 saturated heterocycles. The topological polar surface area (TPSA) is 47.9 Å². The number of rotatable bonds is 9. The maximum absolute atomic E-state index is 9.68. The van der Waals surface area contributed by atoms with Crippen molar-refractivity contribution in [2.45, 2.75) is 19.8 Å². The van der Waals surface area contributed by atoms with Crippen LogP contribution < -0.4 is 27.0 Å². The SMILES string of the molecule is CCOC(OCC)[Si]COc1ccc(O)cc1[P+](C)(C)C.[Br-]. The first-order valence-electron chi connectivity index (χ1n) is 7.12. The Bertz CT molecular complexity index is 434. The predicted octanol–water partition coefficient (Wildman–Crippen LogP) is -0.674. The first kappa shape index (κ1) is 21.9. The monoisotopic (exact) mass is 408 g/mol. The summed E-state index contributed by atoms with van der Waals surface area (Å²) < 4.78 is 16.9. The van der Waals surface area contributed by atoms with Gasteiger partial charge >= 0.3 is 0 Å². The largest absolute Gasteiger partial charge is 1.00 e. The van der Waals surface area contributed by atoms with Gasteiger partial charge in [-0.3, -0.25) is 0 Å². The molecule has 4 nitrogen and oxygen atoms in total. The van der Waals surface area contributed by atoms with E-state index in [1.807, 2.05) is 26.0 Å². The molecule has 22 heavy (non-hydrogen) atoms. The van der Waals surface area contributed by atoms with E-state index in [2.05, 4.69) is 20.0 Å². The highest BCUT2D eigenvalue weighted by Crippen LogP contribution is 2.48. The molecule has 0 heterocycles. The van der Waals surface area contributed by atoms with E-state index in [1.165, 1.54) is 0 Å². The van der Waals surface area contributed by atoms with E-state index in [4.69, 9.17) is 14.2 Å². The van der Waals surface area contributed by atoms with Crippen molar-refractivity contribution in [1.29, 1.82) is 0 Å².